The number of anilines is 1. The second-order valence-corrected chi connectivity index (χ2v) is 7.74. The first kappa shape index (κ1) is 20.6. The van der Waals surface area contributed by atoms with Crippen molar-refractivity contribution in [1.29, 1.82) is 0 Å². The molecular weight excluding hydrogens is 358 g/mol. The van der Waals surface area contributed by atoms with Crippen LogP contribution in [0.5, 0.6) is 0 Å². The lowest BCUT2D eigenvalue weighted by Gasteiger charge is -2.42. The number of guanidine groups is 1. The normalized spacial score (nSPS) is 20.8. The van der Waals surface area contributed by atoms with Crippen LogP contribution in [-0.4, -0.2) is 97.0 Å². The summed E-state index contributed by atoms with van der Waals surface area (Å²) < 4.78 is 7.27. The highest BCUT2D eigenvalue weighted by Gasteiger charge is 2.35. The minimum atomic E-state index is 0.0143. The monoisotopic (exact) mass is 391 g/mol. The summed E-state index contributed by atoms with van der Waals surface area (Å²) in [6.45, 7) is 6.75. The van der Waals surface area contributed by atoms with Crippen LogP contribution in [0.3, 0.4) is 0 Å². The van der Waals surface area contributed by atoms with Gasteiger partial charge in [0, 0.05) is 51.6 Å². The first-order valence-electron chi connectivity index (χ1n) is 10.0. The minimum absolute atomic E-state index is 0.0143. The van der Waals surface area contributed by atoms with Gasteiger partial charge in [0.05, 0.1) is 18.4 Å². The second kappa shape index (κ2) is 8.91. The summed E-state index contributed by atoms with van der Waals surface area (Å²) in [6, 6.07) is 0. The predicted octanol–water partition coefficient (Wildman–Crippen LogP) is 0.145. The van der Waals surface area contributed by atoms with E-state index in [0.29, 0.717) is 19.6 Å². The van der Waals surface area contributed by atoms with Gasteiger partial charge in [0.15, 0.2) is 5.96 Å². The summed E-state index contributed by atoms with van der Waals surface area (Å²) in [4.78, 5) is 23.8. The number of rotatable bonds is 5. The first-order chi connectivity index (χ1) is 13.4. The van der Waals surface area contributed by atoms with Crippen LogP contribution in [-0.2, 0) is 16.6 Å². The molecule has 2 fully saturated rings. The summed E-state index contributed by atoms with van der Waals surface area (Å²) in [6.07, 6.45) is 5.55. The van der Waals surface area contributed by atoms with Gasteiger partial charge in [-0.2, -0.15) is 5.10 Å². The summed E-state index contributed by atoms with van der Waals surface area (Å²) in [5.41, 5.74) is 0.864. The van der Waals surface area contributed by atoms with Crippen molar-refractivity contribution in [2.45, 2.75) is 25.3 Å². The number of amides is 1. The zero-order chi connectivity index (χ0) is 20.1. The lowest BCUT2D eigenvalue weighted by Crippen LogP contribution is -2.56. The number of aliphatic imine (C=N–C) groups is 1. The van der Waals surface area contributed by atoms with Crippen LogP contribution in [0.25, 0.3) is 0 Å². The number of carbonyl (C=O) groups excluding carboxylic acids is 1. The van der Waals surface area contributed by atoms with Crippen molar-refractivity contribution in [2.75, 3.05) is 64.9 Å². The molecule has 0 radical (unpaired) electrons. The van der Waals surface area contributed by atoms with Gasteiger partial charge in [0.2, 0.25) is 5.91 Å². The predicted molar refractivity (Wildman–Crippen MR) is 110 cm³/mol. The Kier molecular flexibility index (Phi) is 6.56. The Labute approximate surface area is 167 Å². The molecule has 9 heteroatoms. The fourth-order valence-corrected chi connectivity index (χ4v) is 3.82. The maximum Gasteiger partial charge on any atom is 0.246 e. The van der Waals surface area contributed by atoms with Crippen LogP contribution in [0.1, 0.15) is 19.8 Å². The lowest BCUT2D eigenvalue weighted by atomic mass is 9.89. The van der Waals surface area contributed by atoms with E-state index < -0.39 is 0 Å². The molecule has 1 aromatic rings. The highest BCUT2D eigenvalue weighted by molar-refractivity contribution is 5.98. The average Bonchev–Trinajstić information content (AvgIpc) is 3.11. The van der Waals surface area contributed by atoms with E-state index in [1.165, 1.54) is 0 Å². The van der Waals surface area contributed by atoms with Crippen molar-refractivity contribution in [2.24, 2.45) is 12.0 Å². The van der Waals surface area contributed by atoms with Gasteiger partial charge >= 0.3 is 0 Å². The van der Waals surface area contributed by atoms with Gasteiger partial charge in [-0.25, -0.2) is 0 Å². The Morgan fingerprint density at radius 2 is 2.11 bits per heavy atom. The van der Waals surface area contributed by atoms with E-state index in [1.807, 2.05) is 13.2 Å². The second-order valence-electron chi connectivity index (χ2n) is 7.74. The molecule has 0 spiro atoms. The molecule has 3 rings (SSSR count). The Bertz CT molecular complexity index is 694. The van der Waals surface area contributed by atoms with Gasteiger partial charge in [-0.3, -0.25) is 14.5 Å². The van der Waals surface area contributed by atoms with Crippen molar-refractivity contribution in [1.82, 2.24) is 24.9 Å². The van der Waals surface area contributed by atoms with E-state index in [1.54, 1.807) is 15.8 Å². The van der Waals surface area contributed by atoms with Gasteiger partial charge in [-0.15, -0.1) is 0 Å². The molecule has 1 amide bonds. The Balaban J connectivity index is 1.70. The molecule has 28 heavy (non-hydrogen) atoms. The number of hydrogen-bond donors (Lipinski definition) is 1. The SMILES string of the molecule is CCNC(=NCC1(N(C)C)CCOCC1)N1CCN(c2cnn(C)c2)C(=O)C1. The van der Waals surface area contributed by atoms with Gasteiger partial charge < -0.3 is 24.8 Å². The quantitative estimate of drug-likeness (QED) is 0.569. The number of nitrogens with zero attached hydrogens (tertiary/aromatic N) is 6. The fraction of sp³-hybridized carbons (Fsp3) is 0.737. The van der Waals surface area contributed by atoms with E-state index in [9.17, 15) is 4.79 Å². The van der Waals surface area contributed by atoms with Crippen LogP contribution >= 0.6 is 0 Å². The number of aryl methyl sites for hydroxylation is 1. The zero-order valence-electron chi connectivity index (χ0n) is 17.5. The fourth-order valence-electron chi connectivity index (χ4n) is 3.82. The largest absolute Gasteiger partial charge is 0.381 e. The van der Waals surface area contributed by atoms with Crippen LogP contribution < -0.4 is 10.2 Å². The average molecular weight is 392 g/mol. The molecule has 2 aliphatic heterocycles. The van der Waals surface area contributed by atoms with Gasteiger partial charge in [0.1, 0.15) is 6.54 Å². The van der Waals surface area contributed by atoms with Crippen molar-refractivity contribution >= 4 is 17.6 Å². The minimum Gasteiger partial charge on any atom is -0.381 e. The number of likely N-dealkylation sites (N-methyl/N-ethyl adjacent to an activating group) is 1. The third-order valence-corrected chi connectivity index (χ3v) is 5.75. The molecule has 2 saturated heterocycles. The van der Waals surface area contributed by atoms with Crippen molar-refractivity contribution < 1.29 is 9.53 Å². The van der Waals surface area contributed by atoms with Crippen LogP contribution in [0.4, 0.5) is 5.69 Å². The first-order valence-corrected chi connectivity index (χ1v) is 10.0. The van der Waals surface area contributed by atoms with Gasteiger partial charge in [0.25, 0.3) is 0 Å². The summed E-state index contributed by atoms with van der Waals surface area (Å²) in [5, 5.41) is 7.54. The maximum absolute atomic E-state index is 12.7. The number of nitrogens with one attached hydrogen (secondary N) is 1. The molecule has 0 aromatic carbocycles. The third-order valence-electron chi connectivity index (χ3n) is 5.75. The molecule has 0 unspecified atom stereocenters. The number of hydrogen-bond acceptors (Lipinski definition) is 5. The topological polar surface area (TPSA) is 78.2 Å². The maximum atomic E-state index is 12.7. The van der Waals surface area contributed by atoms with E-state index >= 15 is 0 Å². The molecule has 3 heterocycles. The smallest absolute Gasteiger partial charge is 0.246 e. The van der Waals surface area contributed by atoms with E-state index in [0.717, 1.165) is 50.8 Å². The molecular formula is C19H33N7O2. The summed E-state index contributed by atoms with van der Waals surface area (Å²) in [5.74, 6) is 0.882. The van der Waals surface area contributed by atoms with E-state index in [-0.39, 0.29) is 11.4 Å². The number of aromatic nitrogens is 2. The van der Waals surface area contributed by atoms with Crippen LogP contribution in [0, 0.1) is 0 Å². The molecule has 0 atom stereocenters. The molecule has 1 N–H and O–H groups in total. The molecule has 0 aliphatic carbocycles. The zero-order valence-corrected chi connectivity index (χ0v) is 17.5. The van der Waals surface area contributed by atoms with Gasteiger partial charge in [-0.1, -0.05) is 0 Å². The molecule has 1 aromatic heterocycles. The van der Waals surface area contributed by atoms with Gasteiger partial charge in [-0.05, 0) is 33.9 Å². The number of ether oxygens (including phenoxy) is 1. The highest BCUT2D eigenvalue weighted by Crippen LogP contribution is 2.26. The number of piperazine rings is 1. The van der Waals surface area contributed by atoms with Crippen molar-refractivity contribution in [3.05, 3.63) is 12.4 Å². The Morgan fingerprint density at radius 1 is 1.36 bits per heavy atom. The number of carbonyl (C=O) groups is 1. The Hall–Kier alpha value is -2.13. The highest BCUT2D eigenvalue weighted by atomic mass is 16.5. The Morgan fingerprint density at radius 3 is 2.68 bits per heavy atom. The molecule has 156 valence electrons. The van der Waals surface area contributed by atoms with E-state index in [2.05, 4.69) is 41.2 Å². The lowest BCUT2D eigenvalue weighted by molar-refractivity contribution is -0.120. The summed E-state index contributed by atoms with van der Waals surface area (Å²) >= 11 is 0. The van der Waals surface area contributed by atoms with Crippen molar-refractivity contribution in [3.8, 4) is 0 Å². The van der Waals surface area contributed by atoms with Crippen LogP contribution in [0.15, 0.2) is 17.4 Å². The molecule has 0 saturated carbocycles. The molecule has 9 nitrogen and oxygen atoms in total. The standard InChI is InChI=1S/C19H33N7O2/c1-5-20-18(21-15-19(23(2)3)6-10-28-11-7-19)25-8-9-26(17(27)14-25)16-12-22-24(4)13-16/h12-13H,5-11,14-15H2,1-4H3,(H,20,21). The summed E-state index contributed by atoms with van der Waals surface area (Å²) in [7, 11) is 6.09. The molecule has 2 aliphatic rings. The molecule has 0 bridgehead atoms. The third kappa shape index (κ3) is 4.47. The van der Waals surface area contributed by atoms with E-state index in [4.69, 9.17) is 9.73 Å². The van der Waals surface area contributed by atoms with Crippen LogP contribution in [0.2, 0.25) is 0 Å². The van der Waals surface area contributed by atoms with Crippen molar-refractivity contribution in [3.63, 3.8) is 0 Å².